The molecule has 0 aliphatic heterocycles. The second kappa shape index (κ2) is 8.18. The standard InChI is InChI=1S/C22H21NO6/c1-12-13(2)22(27)29-20-14(3)17(10-9-16(12)20)28-11-18(24)23-19(21(25)26)15-7-5-4-6-8-15/h4-10,19H,11H2,1-3H3,(H,23,24)(H,25,26). The van der Waals surface area contributed by atoms with Crippen LogP contribution in [-0.2, 0) is 9.59 Å². The summed E-state index contributed by atoms with van der Waals surface area (Å²) < 4.78 is 11.0. The minimum Gasteiger partial charge on any atom is -0.483 e. The van der Waals surface area contributed by atoms with Crippen LogP contribution >= 0.6 is 0 Å². The van der Waals surface area contributed by atoms with E-state index in [1.54, 1.807) is 56.3 Å². The lowest BCUT2D eigenvalue weighted by Gasteiger charge is -2.16. The number of aryl methyl sites for hydroxylation is 2. The smallest absolute Gasteiger partial charge is 0.339 e. The maximum absolute atomic E-state index is 12.3. The molecule has 0 saturated carbocycles. The van der Waals surface area contributed by atoms with Crippen molar-refractivity contribution >= 4 is 22.8 Å². The molecule has 7 nitrogen and oxygen atoms in total. The minimum absolute atomic E-state index is 0.377. The number of fused-ring (bicyclic) bond motifs is 1. The fourth-order valence-corrected chi connectivity index (χ4v) is 3.06. The van der Waals surface area contributed by atoms with Crippen LogP contribution in [0.15, 0.2) is 51.7 Å². The molecule has 3 rings (SSSR count). The first-order chi connectivity index (χ1) is 13.8. The summed E-state index contributed by atoms with van der Waals surface area (Å²) in [5.74, 6) is -1.37. The van der Waals surface area contributed by atoms with Crippen LogP contribution in [0.3, 0.4) is 0 Å². The highest BCUT2D eigenvalue weighted by molar-refractivity contribution is 5.87. The molecule has 150 valence electrons. The molecule has 1 amide bonds. The SMILES string of the molecule is Cc1c(C)c2ccc(OCC(=O)NC(C(=O)O)c3ccccc3)c(C)c2oc1=O. The van der Waals surface area contributed by atoms with Gasteiger partial charge in [0.2, 0.25) is 0 Å². The molecule has 0 spiro atoms. The number of carboxylic acids is 1. The Morgan fingerprint density at radius 1 is 1.03 bits per heavy atom. The summed E-state index contributed by atoms with van der Waals surface area (Å²) >= 11 is 0. The van der Waals surface area contributed by atoms with E-state index in [1.807, 2.05) is 6.92 Å². The van der Waals surface area contributed by atoms with E-state index in [2.05, 4.69) is 5.32 Å². The van der Waals surface area contributed by atoms with Crippen molar-refractivity contribution in [3.8, 4) is 5.75 Å². The number of hydrogen-bond donors (Lipinski definition) is 2. The zero-order valence-electron chi connectivity index (χ0n) is 16.3. The van der Waals surface area contributed by atoms with Gasteiger partial charge in [-0.15, -0.1) is 0 Å². The Morgan fingerprint density at radius 3 is 2.38 bits per heavy atom. The van der Waals surface area contributed by atoms with E-state index in [0.717, 1.165) is 10.9 Å². The molecular formula is C22H21NO6. The molecule has 0 radical (unpaired) electrons. The normalized spacial score (nSPS) is 11.8. The van der Waals surface area contributed by atoms with Crippen molar-refractivity contribution in [3.63, 3.8) is 0 Å². The molecule has 1 unspecified atom stereocenters. The molecular weight excluding hydrogens is 374 g/mol. The summed E-state index contributed by atoms with van der Waals surface area (Å²) in [5.41, 5.74) is 2.42. The maximum Gasteiger partial charge on any atom is 0.339 e. The van der Waals surface area contributed by atoms with Crippen molar-refractivity contribution in [3.05, 3.63) is 75.1 Å². The molecule has 2 N–H and O–H groups in total. The van der Waals surface area contributed by atoms with Crippen molar-refractivity contribution in [1.82, 2.24) is 5.32 Å². The van der Waals surface area contributed by atoms with Gasteiger partial charge in [-0.05, 0) is 44.0 Å². The summed E-state index contributed by atoms with van der Waals surface area (Å²) in [6, 6.07) is 10.7. The average Bonchev–Trinajstić information content (AvgIpc) is 2.71. The number of rotatable bonds is 6. The Kier molecular flexibility index (Phi) is 5.68. The van der Waals surface area contributed by atoms with E-state index in [-0.39, 0.29) is 6.61 Å². The number of ether oxygens (including phenoxy) is 1. The summed E-state index contributed by atoms with van der Waals surface area (Å²) in [7, 11) is 0. The topological polar surface area (TPSA) is 106 Å². The number of nitrogens with one attached hydrogen (secondary N) is 1. The van der Waals surface area contributed by atoms with E-state index in [4.69, 9.17) is 9.15 Å². The third-order valence-corrected chi connectivity index (χ3v) is 4.87. The van der Waals surface area contributed by atoms with Crippen LogP contribution in [-0.4, -0.2) is 23.6 Å². The Morgan fingerprint density at radius 2 is 1.72 bits per heavy atom. The van der Waals surface area contributed by atoms with Crippen LogP contribution in [0.2, 0.25) is 0 Å². The largest absolute Gasteiger partial charge is 0.483 e. The number of carbonyl (C=O) groups excluding carboxylic acids is 1. The third kappa shape index (κ3) is 4.13. The fourth-order valence-electron chi connectivity index (χ4n) is 3.06. The van der Waals surface area contributed by atoms with Crippen LogP contribution in [0.4, 0.5) is 0 Å². The van der Waals surface area contributed by atoms with E-state index in [0.29, 0.717) is 28.0 Å². The quantitative estimate of drug-likeness (QED) is 0.622. The van der Waals surface area contributed by atoms with Gasteiger partial charge in [0.15, 0.2) is 12.6 Å². The number of hydrogen-bond acceptors (Lipinski definition) is 5. The summed E-state index contributed by atoms with van der Waals surface area (Å²) in [5, 5.41) is 12.6. The monoisotopic (exact) mass is 395 g/mol. The van der Waals surface area contributed by atoms with Crippen molar-refractivity contribution in [2.24, 2.45) is 0 Å². The minimum atomic E-state index is -1.17. The third-order valence-electron chi connectivity index (χ3n) is 4.87. The predicted octanol–water partition coefficient (Wildman–Crippen LogP) is 3.04. The first kappa shape index (κ1) is 20.1. The van der Waals surface area contributed by atoms with E-state index in [9.17, 15) is 19.5 Å². The molecule has 1 atom stereocenters. The molecule has 1 heterocycles. The molecule has 0 aliphatic rings. The lowest BCUT2D eigenvalue weighted by molar-refractivity contribution is -0.142. The van der Waals surface area contributed by atoms with Crippen LogP contribution in [0.5, 0.6) is 5.75 Å². The van der Waals surface area contributed by atoms with Gasteiger partial charge in [-0.25, -0.2) is 9.59 Å². The Balaban J connectivity index is 1.77. The lowest BCUT2D eigenvalue weighted by Crippen LogP contribution is -2.36. The van der Waals surface area contributed by atoms with Gasteiger partial charge in [0.1, 0.15) is 11.3 Å². The molecule has 0 bridgehead atoms. The highest BCUT2D eigenvalue weighted by Gasteiger charge is 2.22. The second-order valence-electron chi connectivity index (χ2n) is 6.74. The van der Waals surface area contributed by atoms with Crippen LogP contribution in [0.1, 0.15) is 28.3 Å². The van der Waals surface area contributed by atoms with Gasteiger partial charge in [0, 0.05) is 16.5 Å². The lowest BCUT2D eigenvalue weighted by atomic mass is 10.0. The van der Waals surface area contributed by atoms with Crippen molar-refractivity contribution in [2.45, 2.75) is 26.8 Å². The number of carbonyl (C=O) groups is 2. The predicted molar refractivity (Wildman–Crippen MR) is 107 cm³/mol. The van der Waals surface area contributed by atoms with Crippen LogP contribution in [0.25, 0.3) is 11.0 Å². The van der Waals surface area contributed by atoms with Crippen LogP contribution < -0.4 is 15.7 Å². The van der Waals surface area contributed by atoms with Crippen LogP contribution in [0, 0.1) is 20.8 Å². The Bertz CT molecular complexity index is 1130. The molecule has 7 heteroatoms. The van der Waals surface area contributed by atoms with Gasteiger partial charge in [-0.1, -0.05) is 30.3 Å². The number of carboxylic acid groups (broad SMARTS) is 1. The van der Waals surface area contributed by atoms with Gasteiger partial charge < -0.3 is 19.6 Å². The first-order valence-corrected chi connectivity index (χ1v) is 9.03. The first-order valence-electron chi connectivity index (χ1n) is 9.03. The van der Waals surface area contributed by atoms with Crippen molar-refractivity contribution in [1.29, 1.82) is 0 Å². The van der Waals surface area contributed by atoms with E-state index >= 15 is 0 Å². The molecule has 2 aromatic carbocycles. The van der Waals surface area contributed by atoms with Gasteiger partial charge in [-0.3, -0.25) is 4.79 Å². The summed E-state index contributed by atoms with van der Waals surface area (Å²) in [4.78, 5) is 35.7. The second-order valence-corrected chi connectivity index (χ2v) is 6.74. The molecule has 1 aromatic heterocycles. The van der Waals surface area contributed by atoms with Gasteiger partial charge in [-0.2, -0.15) is 0 Å². The number of benzene rings is 2. The summed E-state index contributed by atoms with van der Waals surface area (Å²) in [6.45, 7) is 4.91. The highest BCUT2D eigenvalue weighted by Crippen LogP contribution is 2.29. The Hall–Kier alpha value is -3.61. The fraction of sp³-hybridized carbons (Fsp3) is 0.227. The molecule has 0 aliphatic carbocycles. The zero-order chi connectivity index (χ0) is 21.1. The van der Waals surface area contributed by atoms with Gasteiger partial charge in [0.25, 0.3) is 5.91 Å². The van der Waals surface area contributed by atoms with Gasteiger partial charge in [0.05, 0.1) is 0 Å². The molecule has 0 fully saturated rings. The molecule has 29 heavy (non-hydrogen) atoms. The Labute approximate surface area is 166 Å². The molecule has 0 saturated heterocycles. The van der Waals surface area contributed by atoms with E-state index < -0.39 is 23.5 Å². The summed E-state index contributed by atoms with van der Waals surface area (Å²) in [6.07, 6.45) is 0. The average molecular weight is 395 g/mol. The van der Waals surface area contributed by atoms with E-state index in [1.165, 1.54) is 0 Å². The number of amides is 1. The highest BCUT2D eigenvalue weighted by atomic mass is 16.5. The zero-order valence-corrected chi connectivity index (χ0v) is 16.3. The number of aliphatic carboxylic acids is 1. The molecule has 3 aromatic rings. The van der Waals surface area contributed by atoms with Gasteiger partial charge >= 0.3 is 11.6 Å². The maximum atomic E-state index is 12.3. The van der Waals surface area contributed by atoms with Crippen molar-refractivity contribution < 1.29 is 23.8 Å². The van der Waals surface area contributed by atoms with Crippen molar-refractivity contribution in [2.75, 3.05) is 6.61 Å².